The second-order valence-corrected chi connectivity index (χ2v) is 11.1. The summed E-state index contributed by atoms with van der Waals surface area (Å²) < 4.78 is 22.5. The fourth-order valence-electron chi connectivity index (χ4n) is 2.93. The van der Waals surface area contributed by atoms with Crippen LogP contribution in [0.2, 0.25) is 0 Å². The first kappa shape index (κ1) is 18.9. The largest absolute Gasteiger partial charge is 0.389 e. The van der Waals surface area contributed by atoms with Gasteiger partial charge in [0.15, 0.2) is 9.84 Å². The van der Waals surface area contributed by atoms with Crippen LogP contribution in [0.15, 0.2) is 0 Å². The topological polar surface area (TPSA) is 66.4 Å². The van der Waals surface area contributed by atoms with E-state index in [0.29, 0.717) is 24.4 Å². The van der Waals surface area contributed by atoms with Gasteiger partial charge in [0, 0.05) is 19.3 Å². The van der Waals surface area contributed by atoms with Gasteiger partial charge in [-0.25, -0.2) is 8.42 Å². The molecule has 2 N–H and O–H groups in total. The number of hydrogen-bond acceptors (Lipinski definition) is 4. The Morgan fingerprint density at radius 2 is 1.62 bits per heavy atom. The maximum atomic E-state index is 11.7. The molecule has 0 amide bonds. The minimum Gasteiger partial charge on any atom is -0.389 e. The van der Waals surface area contributed by atoms with Crippen molar-refractivity contribution in [2.75, 3.05) is 19.3 Å². The molecule has 21 heavy (non-hydrogen) atoms. The zero-order chi connectivity index (χ0) is 16.5. The molecular weight excluding hydrogens is 286 g/mol. The molecule has 1 aliphatic rings. The Bertz CT molecular complexity index is 441. The number of nitrogens with one attached hydrogen (secondary N) is 1. The Labute approximate surface area is 130 Å². The molecular formula is C16H33NO3S. The van der Waals surface area contributed by atoms with Crippen molar-refractivity contribution in [1.82, 2.24) is 5.32 Å². The molecule has 0 unspecified atom stereocenters. The van der Waals surface area contributed by atoms with Gasteiger partial charge in [0.25, 0.3) is 0 Å². The highest BCUT2D eigenvalue weighted by Gasteiger charge is 2.38. The molecule has 0 heterocycles. The molecule has 1 saturated carbocycles. The summed E-state index contributed by atoms with van der Waals surface area (Å²) in [6.45, 7) is 11.1. The van der Waals surface area contributed by atoms with Gasteiger partial charge < -0.3 is 10.4 Å². The molecule has 1 rings (SSSR count). The molecule has 0 bridgehead atoms. The fourth-order valence-corrected chi connectivity index (χ4v) is 3.29. The molecule has 0 radical (unpaired) electrons. The van der Waals surface area contributed by atoms with E-state index in [-0.39, 0.29) is 0 Å². The SMILES string of the molecule is CC(C)(C)C1CCC(O)(CNCC(C)(C)S(C)(=O)=O)CC1. The molecule has 0 atom stereocenters. The zero-order valence-electron chi connectivity index (χ0n) is 14.5. The van der Waals surface area contributed by atoms with E-state index in [1.165, 1.54) is 6.26 Å². The molecule has 0 spiro atoms. The van der Waals surface area contributed by atoms with Crippen LogP contribution in [0.5, 0.6) is 0 Å². The highest BCUT2D eigenvalue weighted by Crippen LogP contribution is 2.41. The number of sulfone groups is 1. The van der Waals surface area contributed by atoms with Gasteiger partial charge in [-0.1, -0.05) is 20.8 Å². The van der Waals surface area contributed by atoms with Crippen molar-refractivity contribution in [3.8, 4) is 0 Å². The van der Waals surface area contributed by atoms with E-state index in [9.17, 15) is 13.5 Å². The summed E-state index contributed by atoms with van der Waals surface area (Å²) in [4.78, 5) is 0. The van der Waals surface area contributed by atoms with Crippen LogP contribution in [-0.2, 0) is 9.84 Å². The van der Waals surface area contributed by atoms with Crippen LogP contribution in [0.4, 0.5) is 0 Å². The lowest BCUT2D eigenvalue weighted by Gasteiger charge is -2.41. The maximum absolute atomic E-state index is 11.7. The van der Waals surface area contributed by atoms with Gasteiger partial charge in [0.05, 0.1) is 10.3 Å². The van der Waals surface area contributed by atoms with E-state index in [4.69, 9.17) is 0 Å². The van der Waals surface area contributed by atoms with Crippen LogP contribution >= 0.6 is 0 Å². The molecule has 0 aromatic heterocycles. The summed E-state index contributed by atoms with van der Waals surface area (Å²) in [6.07, 6.45) is 4.93. The Hall–Kier alpha value is -0.130. The van der Waals surface area contributed by atoms with Crippen molar-refractivity contribution in [1.29, 1.82) is 0 Å². The van der Waals surface area contributed by atoms with E-state index in [1.807, 2.05) is 0 Å². The molecule has 0 aromatic rings. The lowest BCUT2D eigenvalue weighted by Crippen LogP contribution is -2.49. The highest BCUT2D eigenvalue weighted by atomic mass is 32.2. The lowest BCUT2D eigenvalue weighted by molar-refractivity contribution is -0.0238. The van der Waals surface area contributed by atoms with E-state index >= 15 is 0 Å². The number of rotatable bonds is 5. The first-order chi connectivity index (χ1) is 9.27. The molecule has 0 aromatic carbocycles. The quantitative estimate of drug-likeness (QED) is 0.816. The van der Waals surface area contributed by atoms with Crippen molar-refractivity contribution >= 4 is 9.84 Å². The van der Waals surface area contributed by atoms with Crippen LogP contribution in [0.3, 0.4) is 0 Å². The second-order valence-electron chi connectivity index (χ2n) is 8.50. The van der Waals surface area contributed by atoms with E-state index in [0.717, 1.165) is 25.7 Å². The molecule has 1 aliphatic carbocycles. The third-order valence-electron chi connectivity index (χ3n) is 5.15. The predicted molar refractivity (Wildman–Crippen MR) is 88.2 cm³/mol. The summed E-state index contributed by atoms with van der Waals surface area (Å²) in [7, 11) is -3.10. The molecule has 5 heteroatoms. The molecule has 4 nitrogen and oxygen atoms in total. The van der Waals surface area contributed by atoms with Crippen molar-refractivity contribution in [3.63, 3.8) is 0 Å². The summed E-state index contributed by atoms with van der Waals surface area (Å²) >= 11 is 0. The third kappa shape index (κ3) is 5.22. The third-order valence-corrected chi connectivity index (χ3v) is 7.30. The van der Waals surface area contributed by atoms with Gasteiger partial charge >= 0.3 is 0 Å². The summed E-state index contributed by atoms with van der Waals surface area (Å²) in [5, 5.41) is 13.8. The Balaban J connectivity index is 2.47. The van der Waals surface area contributed by atoms with Gasteiger partial charge in [-0.05, 0) is 50.9 Å². The van der Waals surface area contributed by atoms with E-state index in [2.05, 4.69) is 26.1 Å². The summed E-state index contributed by atoms with van der Waals surface area (Å²) in [5.41, 5.74) is -0.387. The van der Waals surface area contributed by atoms with Gasteiger partial charge in [-0.3, -0.25) is 0 Å². The zero-order valence-corrected chi connectivity index (χ0v) is 15.3. The first-order valence-corrected chi connectivity index (χ1v) is 9.79. The van der Waals surface area contributed by atoms with Crippen LogP contribution in [0.1, 0.15) is 60.3 Å². The van der Waals surface area contributed by atoms with Crippen molar-refractivity contribution in [2.24, 2.45) is 11.3 Å². The monoisotopic (exact) mass is 319 g/mol. The van der Waals surface area contributed by atoms with Crippen LogP contribution in [0.25, 0.3) is 0 Å². The lowest BCUT2D eigenvalue weighted by atomic mass is 9.68. The predicted octanol–water partition coefficient (Wildman–Crippen LogP) is 2.37. The van der Waals surface area contributed by atoms with Crippen LogP contribution < -0.4 is 5.32 Å². The van der Waals surface area contributed by atoms with Crippen molar-refractivity contribution in [3.05, 3.63) is 0 Å². The second kappa shape index (κ2) is 6.17. The smallest absolute Gasteiger partial charge is 0.153 e. The average molecular weight is 320 g/mol. The van der Waals surface area contributed by atoms with Crippen molar-refractivity contribution < 1.29 is 13.5 Å². The highest BCUT2D eigenvalue weighted by molar-refractivity contribution is 7.92. The minimum atomic E-state index is -3.10. The molecule has 0 aliphatic heterocycles. The Kier molecular flexibility index (Phi) is 5.56. The van der Waals surface area contributed by atoms with Gasteiger partial charge in [-0.2, -0.15) is 0 Å². The average Bonchev–Trinajstić information content (AvgIpc) is 2.26. The standard InChI is InChI=1S/C16H33NO3S/c1-14(2,3)13-7-9-16(18,10-8-13)12-17-11-15(4,5)21(6,19)20/h13,17-18H,7-12H2,1-6H3. The normalized spacial score (nSPS) is 28.6. The first-order valence-electron chi connectivity index (χ1n) is 7.90. The maximum Gasteiger partial charge on any atom is 0.153 e. The summed E-state index contributed by atoms with van der Waals surface area (Å²) in [6, 6.07) is 0. The number of aliphatic hydroxyl groups is 1. The Morgan fingerprint density at radius 1 is 1.14 bits per heavy atom. The van der Waals surface area contributed by atoms with Gasteiger partial charge in [-0.15, -0.1) is 0 Å². The Morgan fingerprint density at radius 3 is 2.00 bits per heavy atom. The minimum absolute atomic E-state index is 0.299. The molecule has 1 fully saturated rings. The summed E-state index contributed by atoms with van der Waals surface area (Å²) in [5.74, 6) is 0.658. The van der Waals surface area contributed by atoms with Gasteiger partial charge in [0.1, 0.15) is 0 Å². The molecule has 126 valence electrons. The van der Waals surface area contributed by atoms with Gasteiger partial charge in [0.2, 0.25) is 0 Å². The van der Waals surface area contributed by atoms with Crippen LogP contribution in [0, 0.1) is 11.3 Å². The van der Waals surface area contributed by atoms with Crippen molar-refractivity contribution in [2.45, 2.75) is 70.7 Å². The number of hydrogen-bond donors (Lipinski definition) is 2. The fraction of sp³-hybridized carbons (Fsp3) is 1.00. The van der Waals surface area contributed by atoms with Crippen LogP contribution in [-0.4, -0.2) is 43.2 Å². The van der Waals surface area contributed by atoms with E-state index < -0.39 is 20.2 Å². The molecule has 0 saturated heterocycles. The van der Waals surface area contributed by atoms with E-state index in [1.54, 1.807) is 13.8 Å².